The van der Waals surface area contributed by atoms with Crippen molar-refractivity contribution in [2.24, 2.45) is 0 Å². The van der Waals surface area contributed by atoms with Gasteiger partial charge < -0.3 is 14.2 Å². The van der Waals surface area contributed by atoms with Crippen LogP contribution in [0.5, 0.6) is 5.75 Å². The number of piperazine rings is 1. The summed E-state index contributed by atoms with van der Waals surface area (Å²) in [6.07, 6.45) is 1.73. The summed E-state index contributed by atoms with van der Waals surface area (Å²) in [4.78, 5) is 16.4. The summed E-state index contributed by atoms with van der Waals surface area (Å²) < 4.78 is 7.23. The van der Waals surface area contributed by atoms with Gasteiger partial charge in [0.2, 0.25) is 5.91 Å². The van der Waals surface area contributed by atoms with E-state index in [1.165, 1.54) is 0 Å². The zero-order chi connectivity index (χ0) is 16.2. The van der Waals surface area contributed by atoms with Gasteiger partial charge in [0.05, 0.1) is 13.7 Å². The molecule has 1 aromatic carbocycles. The largest absolute Gasteiger partial charge is 0.497 e. The van der Waals surface area contributed by atoms with Crippen molar-refractivity contribution >= 4 is 11.6 Å². The number of benzene rings is 1. The van der Waals surface area contributed by atoms with Crippen LogP contribution in [0.1, 0.15) is 5.82 Å². The van der Waals surface area contributed by atoms with Crippen LogP contribution < -0.4 is 9.64 Å². The third-order valence-corrected chi connectivity index (χ3v) is 4.13. The maximum absolute atomic E-state index is 12.4. The highest BCUT2D eigenvalue weighted by molar-refractivity contribution is 5.95. The van der Waals surface area contributed by atoms with Gasteiger partial charge in [-0.05, 0) is 19.1 Å². The van der Waals surface area contributed by atoms with Gasteiger partial charge in [-0.3, -0.25) is 9.69 Å². The van der Waals surface area contributed by atoms with Crippen LogP contribution >= 0.6 is 0 Å². The average molecular weight is 315 g/mol. The molecule has 7 heteroatoms. The molecule has 1 saturated heterocycles. The topological polar surface area (TPSA) is 63.5 Å². The molecule has 0 spiro atoms. The van der Waals surface area contributed by atoms with Crippen molar-refractivity contribution in [2.45, 2.75) is 13.5 Å². The minimum absolute atomic E-state index is 0.116. The van der Waals surface area contributed by atoms with E-state index in [0.29, 0.717) is 13.1 Å². The third-order valence-electron chi connectivity index (χ3n) is 4.13. The lowest BCUT2D eigenvalue weighted by atomic mass is 10.2. The van der Waals surface area contributed by atoms with Gasteiger partial charge in [-0.15, -0.1) is 10.2 Å². The fourth-order valence-corrected chi connectivity index (χ4v) is 2.75. The molecule has 0 unspecified atom stereocenters. The first-order chi connectivity index (χ1) is 11.2. The number of anilines is 1. The Morgan fingerprint density at radius 2 is 2.13 bits per heavy atom. The van der Waals surface area contributed by atoms with E-state index in [4.69, 9.17) is 4.74 Å². The van der Waals surface area contributed by atoms with E-state index >= 15 is 0 Å². The molecule has 1 aliphatic heterocycles. The van der Waals surface area contributed by atoms with Crippen LogP contribution in [-0.2, 0) is 11.3 Å². The normalized spacial score (nSPS) is 15.9. The Morgan fingerprint density at radius 3 is 2.83 bits per heavy atom. The van der Waals surface area contributed by atoms with Crippen molar-refractivity contribution in [3.8, 4) is 5.75 Å². The van der Waals surface area contributed by atoms with Gasteiger partial charge in [0.1, 0.15) is 17.9 Å². The highest BCUT2D eigenvalue weighted by atomic mass is 16.5. The van der Waals surface area contributed by atoms with E-state index in [9.17, 15) is 4.79 Å². The monoisotopic (exact) mass is 315 g/mol. The first-order valence-electron chi connectivity index (χ1n) is 7.68. The lowest BCUT2D eigenvalue weighted by molar-refractivity contribution is -0.121. The van der Waals surface area contributed by atoms with Crippen molar-refractivity contribution in [1.82, 2.24) is 19.7 Å². The van der Waals surface area contributed by atoms with Crippen LogP contribution in [0.15, 0.2) is 30.6 Å². The molecule has 23 heavy (non-hydrogen) atoms. The number of methoxy groups -OCH3 is 1. The molecule has 122 valence electrons. The molecule has 1 amide bonds. The number of nitrogens with zero attached hydrogens (tertiary/aromatic N) is 5. The number of amides is 1. The van der Waals surface area contributed by atoms with Crippen LogP contribution in [0, 0.1) is 6.92 Å². The summed E-state index contributed by atoms with van der Waals surface area (Å²) >= 11 is 0. The van der Waals surface area contributed by atoms with Crippen LogP contribution in [0.3, 0.4) is 0 Å². The van der Waals surface area contributed by atoms with Gasteiger partial charge >= 0.3 is 0 Å². The quantitative estimate of drug-likeness (QED) is 0.822. The smallest absolute Gasteiger partial charge is 0.241 e. The third kappa shape index (κ3) is 3.50. The Kier molecular flexibility index (Phi) is 4.57. The second-order valence-electron chi connectivity index (χ2n) is 5.59. The zero-order valence-corrected chi connectivity index (χ0v) is 13.5. The lowest BCUT2D eigenvalue weighted by Crippen LogP contribution is -2.51. The molecule has 0 N–H and O–H groups in total. The molecule has 0 bridgehead atoms. The maximum atomic E-state index is 12.4. The molecule has 1 aliphatic rings. The van der Waals surface area contributed by atoms with Crippen molar-refractivity contribution in [2.75, 3.05) is 38.2 Å². The molecule has 0 aliphatic carbocycles. The number of ether oxygens (including phenoxy) is 1. The summed E-state index contributed by atoms with van der Waals surface area (Å²) in [6, 6.07) is 7.62. The molecule has 1 fully saturated rings. The number of aryl methyl sites for hydroxylation is 1. The highest BCUT2D eigenvalue weighted by Gasteiger charge is 2.25. The summed E-state index contributed by atoms with van der Waals surface area (Å²) in [7, 11) is 1.63. The summed E-state index contributed by atoms with van der Waals surface area (Å²) in [6.45, 7) is 5.51. The van der Waals surface area contributed by atoms with Gasteiger partial charge in [-0.1, -0.05) is 6.07 Å². The van der Waals surface area contributed by atoms with Crippen LogP contribution in [0.2, 0.25) is 0 Å². The highest BCUT2D eigenvalue weighted by Crippen LogP contribution is 2.22. The number of hydrogen-bond donors (Lipinski definition) is 0. The second kappa shape index (κ2) is 6.78. The Balaban J connectivity index is 1.58. The van der Waals surface area contributed by atoms with Crippen molar-refractivity contribution in [3.05, 3.63) is 36.4 Å². The molecule has 3 rings (SSSR count). The van der Waals surface area contributed by atoms with Gasteiger partial charge in [0.25, 0.3) is 0 Å². The van der Waals surface area contributed by atoms with Crippen molar-refractivity contribution in [3.63, 3.8) is 0 Å². The second-order valence-corrected chi connectivity index (χ2v) is 5.59. The maximum Gasteiger partial charge on any atom is 0.241 e. The van der Waals surface area contributed by atoms with Crippen molar-refractivity contribution < 1.29 is 9.53 Å². The fraction of sp³-hybridized carbons (Fsp3) is 0.438. The fourth-order valence-electron chi connectivity index (χ4n) is 2.75. The van der Waals surface area contributed by atoms with Crippen LogP contribution in [0.4, 0.5) is 5.69 Å². The predicted molar refractivity (Wildman–Crippen MR) is 86.5 cm³/mol. The number of carbonyl (C=O) groups is 1. The van der Waals surface area contributed by atoms with Gasteiger partial charge in [0, 0.05) is 37.9 Å². The first kappa shape index (κ1) is 15.5. The average Bonchev–Trinajstić information content (AvgIpc) is 2.98. The van der Waals surface area contributed by atoms with Crippen LogP contribution in [0.25, 0.3) is 0 Å². The predicted octanol–water partition coefficient (Wildman–Crippen LogP) is 0.944. The van der Waals surface area contributed by atoms with Gasteiger partial charge in [-0.25, -0.2) is 0 Å². The number of carbonyl (C=O) groups excluding carboxylic acids is 1. The standard InChI is InChI=1S/C16H21N5O2/c1-13-18-17-12-20(13)8-6-19-7-9-21(16(22)11-19)14-4-3-5-15(10-14)23-2/h3-5,10,12H,6-9,11H2,1-2H3. The summed E-state index contributed by atoms with van der Waals surface area (Å²) in [5, 5.41) is 7.85. The molecular weight excluding hydrogens is 294 g/mol. The molecule has 1 aromatic heterocycles. The zero-order valence-electron chi connectivity index (χ0n) is 13.5. The Labute approximate surface area is 135 Å². The van der Waals surface area contributed by atoms with E-state index in [0.717, 1.165) is 36.9 Å². The van der Waals surface area contributed by atoms with E-state index in [2.05, 4.69) is 15.1 Å². The number of aromatic nitrogens is 3. The van der Waals surface area contributed by atoms with E-state index in [1.54, 1.807) is 13.4 Å². The minimum Gasteiger partial charge on any atom is -0.497 e. The molecule has 0 atom stereocenters. The van der Waals surface area contributed by atoms with E-state index in [-0.39, 0.29) is 5.91 Å². The molecule has 2 aromatic rings. The first-order valence-corrected chi connectivity index (χ1v) is 7.68. The minimum atomic E-state index is 0.116. The van der Waals surface area contributed by atoms with E-state index < -0.39 is 0 Å². The van der Waals surface area contributed by atoms with E-state index in [1.807, 2.05) is 40.7 Å². The molecule has 2 heterocycles. The molecule has 0 radical (unpaired) electrons. The summed E-state index contributed by atoms with van der Waals surface area (Å²) in [5.41, 5.74) is 0.892. The van der Waals surface area contributed by atoms with Gasteiger partial charge in [0.15, 0.2) is 0 Å². The molecule has 7 nitrogen and oxygen atoms in total. The Hall–Kier alpha value is -2.41. The Morgan fingerprint density at radius 1 is 1.26 bits per heavy atom. The number of hydrogen-bond acceptors (Lipinski definition) is 5. The molecular formula is C16H21N5O2. The lowest BCUT2D eigenvalue weighted by Gasteiger charge is -2.34. The van der Waals surface area contributed by atoms with Crippen molar-refractivity contribution in [1.29, 1.82) is 0 Å². The van der Waals surface area contributed by atoms with Crippen LogP contribution in [-0.4, -0.2) is 58.9 Å². The number of rotatable bonds is 5. The Bertz CT molecular complexity index is 685. The van der Waals surface area contributed by atoms with Gasteiger partial charge in [-0.2, -0.15) is 0 Å². The summed E-state index contributed by atoms with van der Waals surface area (Å²) in [5.74, 6) is 1.78. The molecule has 0 saturated carbocycles. The SMILES string of the molecule is COc1cccc(N2CCN(CCn3cnnc3C)CC2=O)c1.